The summed E-state index contributed by atoms with van der Waals surface area (Å²) in [5.74, 6) is -0.319. The quantitative estimate of drug-likeness (QED) is 0.448. The van der Waals surface area contributed by atoms with Crippen LogP contribution in [-0.4, -0.2) is 43.7 Å². The highest BCUT2D eigenvalue weighted by atomic mass is 16.5. The first-order valence-electron chi connectivity index (χ1n) is 6.69. The summed E-state index contributed by atoms with van der Waals surface area (Å²) < 4.78 is 10.5. The minimum absolute atomic E-state index is 0.0714. The second-order valence-electron chi connectivity index (χ2n) is 4.59. The molecular formula is C15H21N3O4. The zero-order chi connectivity index (χ0) is 16.5. The monoisotopic (exact) mass is 307 g/mol. The Morgan fingerprint density at radius 1 is 1.45 bits per heavy atom. The Labute approximate surface area is 129 Å². The largest absolute Gasteiger partial charge is 0.508 e. The molecule has 0 spiro atoms. The van der Waals surface area contributed by atoms with E-state index in [0.717, 1.165) is 0 Å². The number of amides is 1. The predicted octanol–water partition coefficient (Wildman–Crippen LogP) is 1.25. The van der Waals surface area contributed by atoms with E-state index in [2.05, 4.69) is 10.6 Å². The van der Waals surface area contributed by atoms with Gasteiger partial charge in [-0.05, 0) is 31.3 Å². The van der Waals surface area contributed by atoms with Crippen LogP contribution in [0.1, 0.15) is 17.3 Å². The van der Waals surface area contributed by atoms with Gasteiger partial charge in [0.15, 0.2) is 0 Å². The zero-order valence-electron chi connectivity index (χ0n) is 12.8. The van der Waals surface area contributed by atoms with Crippen molar-refractivity contribution >= 4 is 11.7 Å². The van der Waals surface area contributed by atoms with Crippen LogP contribution in [0.2, 0.25) is 0 Å². The van der Waals surface area contributed by atoms with Gasteiger partial charge in [0.1, 0.15) is 23.4 Å². The molecule has 1 aromatic carbocycles. The molecule has 1 aromatic rings. The highest BCUT2D eigenvalue weighted by molar-refractivity contribution is 6.09. The lowest BCUT2D eigenvalue weighted by molar-refractivity contribution is 0.0912. The summed E-state index contributed by atoms with van der Waals surface area (Å²) in [6, 6.07) is 4.21. The number of aromatic hydroxyl groups is 1. The van der Waals surface area contributed by atoms with Crippen molar-refractivity contribution in [2.75, 3.05) is 20.8 Å². The summed E-state index contributed by atoms with van der Waals surface area (Å²) in [4.78, 5) is 12.0. The summed E-state index contributed by atoms with van der Waals surface area (Å²) in [7, 11) is 3.25. The van der Waals surface area contributed by atoms with Gasteiger partial charge in [-0.3, -0.25) is 10.2 Å². The van der Waals surface area contributed by atoms with Gasteiger partial charge in [-0.1, -0.05) is 0 Å². The van der Waals surface area contributed by atoms with Gasteiger partial charge in [-0.15, -0.1) is 0 Å². The maximum atomic E-state index is 12.0. The van der Waals surface area contributed by atoms with Crippen molar-refractivity contribution in [2.24, 2.45) is 0 Å². The summed E-state index contributed by atoms with van der Waals surface area (Å²) in [5.41, 5.74) is 0.197. The van der Waals surface area contributed by atoms with Crippen molar-refractivity contribution in [1.29, 1.82) is 5.41 Å². The Balaban J connectivity index is 2.82. The molecule has 1 amide bonds. The van der Waals surface area contributed by atoms with Gasteiger partial charge >= 0.3 is 0 Å². The molecule has 0 aliphatic heterocycles. The maximum Gasteiger partial charge on any atom is 0.257 e. The third-order valence-corrected chi connectivity index (χ3v) is 2.56. The Kier molecular flexibility index (Phi) is 6.91. The van der Waals surface area contributed by atoms with Crippen LogP contribution in [0.3, 0.4) is 0 Å². The molecule has 0 radical (unpaired) electrons. The van der Waals surface area contributed by atoms with Crippen LogP contribution in [0.5, 0.6) is 11.5 Å². The SMILES string of the molecule is CN/C=C\C(=N)NC(=O)c1cc(O)cc(O[C@@H](C)COC)c1. The zero-order valence-corrected chi connectivity index (χ0v) is 12.8. The van der Waals surface area contributed by atoms with Crippen molar-refractivity contribution in [3.63, 3.8) is 0 Å². The van der Waals surface area contributed by atoms with E-state index in [1.165, 1.54) is 30.5 Å². The number of phenols is 1. The number of carbonyl (C=O) groups is 1. The van der Waals surface area contributed by atoms with Crippen LogP contribution >= 0.6 is 0 Å². The lowest BCUT2D eigenvalue weighted by Gasteiger charge is -2.14. The highest BCUT2D eigenvalue weighted by Crippen LogP contribution is 2.22. The molecule has 0 aliphatic carbocycles. The van der Waals surface area contributed by atoms with Gasteiger partial charge in [-0.25, -0.2) is 0 Å². The number of rotatable bonds is 7. The van der Waals surface area contributed by atoms with E-state index < -0.39 is 5.91 Å². The van der Waals surface area contributed by atoms with Crippen molar-refractivity contribution in [2.45, 2.75) is 13.0 Å². The first kappa shape index (κ1) is 17.5. The first-order chi connectivity index (χ1) is 10.5. The topological polar surface area (TPSA) is 104 Å². The molecule has 0 aromatic heterocycles. The molecule has 0 aliphatic rings. The van der Waals surface area contributed by atoms with Gasteiger partial charge in [0.05, 0.1) is 6.61 Å². The molecule has 120 valence electrons. The summed E-state index contributed by atoms with van der Waals surface area (Å²) in [6.07, 6.45) is 2.70. The second kappa shape index (κ2) is 8.68. The first-order valence-corrected chi connectivity index (χ1v) is 6.69. The third-order valence-electron chi connectivity index (χ3n) is 2.56. The minimum atomic E-state index is -0.508. The fourth-order valence-electron chi connectivity index (χ4n) is 1.69. The van der Waals surface area contributed by atoms with Gasteiger partial charge in [0.2, 0.25) is 0 Å². The molecule has 1 atom stereocenters. The van der Waals surface area contributed by atoms with Crippen LogP contribution in [0.4, 0.5) is 0 Å². The normalized spacial score (nSPS) is 12.0. The molecule has 7 nitrogen and oxygen atoms in total. The van der Waals surface area contributed by atoms with Crippen molar-refractivity contribution in [3.8, 4) is 11.5 Å². The number of carbonyl (C=O) groups excluding carboxylic acids is 1. The van der Waals surface area contributed by atoms with Crippen LogP contribution in [0.25, 0.3) is 0 Å². The van der Waals surface area contributed by atoms with Gasteiger partial charge in [-0.2, -0.15) is 0 Å². The minimum Gasteiger partial charge on any atom is -0.508 e. The fraction of sp³-hybridized carbons (Fsp3) is 0.333. The lowest BCUT2D eigenvalue weighted by atomic mass is 10.2. The van der Waals surface area contributed by atoms with Crippen LogP contribution in [0, 0.1) is 5.41 Å². The van der Waals surface area contributed by atoms with Crippen molar-refractivity contribution < 1.29 is 19.4 Å². The van der Waals surface area contributed by atoms with Gasteiger partial charge < -0.3 is 25.2 Å². The van der Waals surface area contributed by atoms with E-state index in [9.17, 15) is 9.90 Å². The molecule has 7 heteroatoms. The molecule has 0 unspecified atom stereocenters. The Morgan fingerprint density at radius 3 is 2.82 bits per heavy atom. The molecule has 0 bridgehead atoms. The van der Waals surface area contributed by atoms with Gasteiger partial charge in [0, 0.05) is 25.8 Å². The fourth-order valence-corrected chi connectivity index (χ4v) is 1.69. The Hall–Kier alpha value is -2.54. The second-order valence-corrected chi connectivity index (χ2v) is 4.59. The number of amidine groups is 1. The number of benzene rings is 1. The molecule has 4 N–H and O–H groups in total. The molecule has 0 saturated carbocycles. The molecule has 0 saturated heterocycles. The number of nitrogens with one attached hydrogen (secondary N) is 3. The average Bonchev–Trinajstić information content (AvgIpc) is 2.44. The molecule has 0 fully saturated rings. The van der Waals surface area contributed by atoms with Crippen LogP contribution in [0.15, 0.2) is 30.5 Å². The van der Waals surface area contributed by atoms with Crippen molar-refractivity contribution in [3.05, 3.63) is 36.0 Å². The summed E-state index contributed by atoms with van der Waals surface area (Å²) in [6.45, 7) is 2.20. The number of hydrogen-bond donors (Lipinski definition) is 4. The lowest BCUT2D eigenvalue weighted by Crippen LogP contribution is -2.28. The van der Waals surface area contributed by atoms with Gasteiger partial charge in [0.25, 0.3) is 5.91 Å². The highest BCUT2D eigenvalue weighted by Gasteiger charge is 2.12. The van der Waals surface area contributed by atoms with E-state index in [4.69, 9.17) is 14.9 Å². The van der Waals surface area contributed by atoms with E-state index in [0.29, 0.717) is 12.4 Å². The molecule has 1 rings (SSSR count). The number of methoxy groups -OCH3 is 1. The predicted molar refractivity (Wildman–Crippen MR) is 83.5 cm³/mol. The number of phenolic OH excluding ortho intramolecular Hbond substituents is 1. The van der Waals surface area contributed by atoms with Crippen LogP contribution in [-0.2, 0) is 4.74 Å². The Morgan fingerprint density at radius 2 is 2.18 bits per heavy atom. The van der Waals surface area contributed by atoms with Crippen LogP contribution < -0.4 is 15.4 Å². The third kappa shape index (κ3) is 5.84. The van der Waals surface area contributed by atoms with E-state index in [1.807, 2.05) is 6.92 Å². The standard InChI is InChI=1S/C15H21N3O4/c1-10(9-21-3)22-13-7-11(6-12(19)8-13)15(20)18-14(16)4-5-17-2/h4-8,10,17,19H,9H2,1-3H3,(H2,16,18,20)/b5-4-/t10-/m0/s1. The molecule has 0 heterocycles. The molecule has 22 heavy (non-hydrogen) atoms. The summed E-state index contributed by atoms with van der Waals surface area (Å²) in [5, 5.41) is 22.4. The Bertz CT molecular complexity index is 558. The van der Waals surface area contributed by atoms with E-state index in [1.54, 1.807) is 14.2 Å². The van der Waals surface area contributed by atoms with E-state index >= 15 is 0 Å². The summed E-state index contributed by atoms with van der Waals surface area (Å²) >= 11 is 0. The number of ether oxygens (including phenoxy) is 2. The van der Waals surface area contributed by atoms with E-state index in [-0.39, 0.29) is 23.3 Å². The average molecular weight is 307 g/mol. The molecular weight excluding hydrogens is 286 g/mol. The number of hydrogen-bond acceptors (Lipinski definition) is 6. The van der Waals surface area contributed by atoms with Crippen molar-refractivity contribution in [1.82, 2.24) is 10.6 Å². The smallest absolute Gasteiger partial charge is 0.257 e. The maximum absolute atomic E-state index is 12.0.